The standard InChI is InChI=1S/C36H41N5O11S/c1-37(35(44)51-21-24-3-9-27(10-4-24)40(46)47)29-15-16-38(19-29)34(43)18-33(42)32-17-31(53-23-26-7-13-30(50-2)14-8-26)20-39(32)36(45)52-22-25-5-11-28(12-6-25)41(48)49/h3-14,29,31-33,42H,15-23H2,1-2H3/t29-,31-,32-,33-/m0/s1. The molecule has 0 radical (unpaired) electrons. The monoisotopic (exact) mass is 751 g/mol. The Bertz CT molecular complexity index is 1760. The van der Waals surface area contributed by atoms with Gasteiger partial charge in [-0.1, -0.05) is 12.1 Å². The Hall–Kier alpha value is -5.42. The van der Waals surface area contributed by atoms with E-state index in [2.05, 4.69) is 0 Å². The molecular weight excluding hydrogens is 710 g/mol. The van der Waals surface area contributed by atoms with Gasteiger partial charge in [-0.2, -0.15) is 11.8 Å². The van der Waals surface area contributed by atoms with Crippen LogP contribution in [0.5, 0.6) is 5.75 Å². The van der Waals surface area contributed by atoms with E-state index in [1.165, 1.54) is 58.3 Å². The summed E-state index contributed by atoms with van der Waals surface area (Å²) in [6, 6.07) is 18.0. The molecule has 2 aliphatic heterocycles. The summed E-state index contributed by atoms with van der Waals surface area (Å²) in [6.07, 6.45) is -1.78. The van der Waals surface area contributed by atoms with E-state index in [1.807, 2.05) is 24.3 Å². The van der Waals surface area contributed by atoms with E-state index >= 15 is 0 Å². The highest BCUT2D eigenvalue weighted by molar-refractivity contribution is 7.99. The Morgan fingerprint density at radius 1 is 0.887 bits per heavy atom. The Morgan fingerprint density at radius 3 is 2.02 bits per heavy atom. The number of carbonyl (C=O) groups excluding carboxylic acids is 3. The van der Waals surface area contributed by atoms with Crippen molar-refractivity contribution in [1.29, 1.82) is 0 Å². The van der Waals surface area contributed by atoms with Crippen molar-refractivity contribution in [3.05, 3.63) is 110 Å². The van der Waals surface area contributed by atoms with Crippen LogP contribution in [0.2, 0.25) is 0 Å². The zero-order valence-electron chi connectivity index (χ0n) is 29.3. The molecule has 0 unspecified atom stereocenters. The van der Waals surface area contributed by atoms with Gasteiger partial charge in [-0.25, -0.2) is 9.59 Å². The van der Waals surface area contributed by atoms with Gasteiger partial charge in [0.2, 0.25) is 5.91 Å². The molecule has 16 nitrogen and oxygen atoms in total. The van der Waals surface area contributed by atoms with Gasteiger partial charge >= 0.3 is 12.2 Å². The lowest BCUT2D eigenvalue weighted by molar-refractivity contribution is -0.385. The van der Waals surface area contributed by atoms with E-state index in [0.29, 0.717) is 36.3 Å². The van der Waals surface area contributed by atoms with E-state index in [0.717, 1.165) is 11.3 Å². The number of rotatable bonds is 14. The smallest absolute Gasteiger partial charge is 0.410 e. The molecule has 3 aromatic rings. The molecule has 17 heteroatoms. The maximum Gasteiger partial charge on any atom is 0.410 e. The normalized spacial score (nSPS) is 18.7. The number of likely N-dealkylation sites (N-methyl/N-ethyl adjacent to an activating group) is 1. The minimum absolute atomic E-state index is 0.0550. The molecule has 2 saturated heterocycles. The van der Waals surface area contributed by atoms with Crippen molar-refractivity contribution in [3.63, 3.8) is 0 Å². The first-order valence-electron chi connectivity index (χ1n) is 16.9. The number of nitro groups is 2. The van der Waals surface area contributed by atoms with E-state index in [-0.39, 0.29) is 61.3 Å². The van der Waals surface area contributed by atoms with Gasteiger partial charge in [0.25, 0.3) is 11.4 Å². The van der Waals surface area contributed by atoms with Crippen LogP contribution in [0.1, 0.15) is 36.0 Å². The largest absolute Gasteiger partial charge is 0.497 e. The third-order valence-corrected chi connectivity index (χ3v) is 10.7. The number of nitrogens with zero attached hydrogens (tertiary/aromatic N) is 5. The highest BCUT2D eigenvalue weighted by Gasteiger charge is 2.42. The number of hydrogen-bond acceptors (Lipinski definition) is 12. The fraction of sp³-hybridized carbons (Fsp3) is 0.417. The van der Waals surface area contributed by atoms with Crippen molar-refractivity contribution in [1.82, 2.24) is 14.7 Å². The van der Waals surface area contributed by atoms with Gasteiger partial charge in [-0.05, 0) is 65.9 Å². The van der Waals surface area contributed by atoms with Crippen molar-refractivity contribution in [2.45, 2.75) is 61.7 Å². The average molecular weight is 752 g/mol. The number of likely N-dealkylation sites (tertiary alicyclic amines) is 2. The van der Waals surface area contributed by atoms with Crippen molar-refractivity contribution in [3.8, 4) is 5.75 Å². The average Bonchev–Trinajstić information content (AvgIpc) is 3.84. The Morgan fingerprint density at radius 2 is 1.45 bits per heavy atom. The van der Waals surface area contributed by atoms with Crippen LogP contribution in [0.15, 0.2) is 72.8 Å². The quantitative estimate of drug-likeness (QED) is 0.168. The molecule has 0 spiro atoms. The highest BCUT2D eigenvalue weighted by Crippen LogP contribution is 2.33. The second-order valence-electron chi connectivity index (χ2n) is 12.9. The van der Waals surface area contributed by atoms with Crippen molar-refractivity contribution in [2.75, 3.05) is 33.8 Å². The van der Waals surface area contributed by atoms with Gasteiger partial charge in [-0.15, -0.1) is 0 Å². The molecular formula is C36H41N5O11S. The zero-order valence-corrected chi connectivity index (χ0v) is 30.1. The molecule has 2 heterocycles. The minimum Gasteiger partial charge on any atom is -0.497 e. The maximum absolute atomic E-state index is 13.4. The first kappa shape index (κ1) is 38.8. The Kier molecular flexibility index (Phi) is 13.1. The number of amides is 3. The lowest BCUT2D eigenvalue weighted by atomic mass is 10.0. The van der Waals surface area contributed by atoms with Gasteiger partial charge in [0.1, 0.15) is 19.0 Å². The Labute approximate surface area is 309 Å². The van der Waals surface area contributed by atoms with Gasteiger partial charge < -0.3 is 34.0 Å². The summed E-state index contributed by atoms with van der Waals surface area (Å²) >= 11 is 1.63. The lowest BCUT2D eigenvalue weighted by Crippen LogP contribution is -2.45. The molecule has 2 fully saturated rings. The molecule has 3 aromatic carbocycles. The summed E-state index contributed by atoms with van der Waals surface area (Å²) in [4.78, 5) is 64.9. The molecule has 2 aliphatic rings. The molecule has 0 saturated carbocycles. The number of non-ortho nitro benzene ring substituents is 2. The SMILES string of the molecule is COc1ccc(CS[C@H]2C[C@@H]([C@@H](O)CC(=O)N3CC[C@H](N(C)C(=O)OCc4ccc([N+](=O)[O-])cc4)C3)N(C(=O)OCc3ccc([N+](=O)[O-])cc3)C2)cc1. The molecule has 53 heavy (non-hydrogen) atoms. The van der Waals surface area contributed by atoms with Crippen LogP contribution in [-0.2, 0) is 33.2 Å². The van der Waals surface area contributed by atoms with Crippen LogP contribution >= 0.6 is 11.8 Å². The summed E-state index contributed by atoms with van der Waals surface area (Å²) < 4.78 is 16.2. The fourth-order valence-electron chi connectivity index (χ4n) is 6.24. The number of carbonyl (C=O) groups is 3. The van der Waals surface area contributed by atoms with Crippen LogP contribution in [0.4, 0.5) is 21.0 Å². The molecule has 0 aliphatic carbocycles. The van der Waals surface area contributed by atoms with Gasteiger partial charge in [0.15, 0.2) is 0 Å². The summed E-state index contributed by atoms with van der Waals surface area (Å²) in [7, 11) is 3.17. The summed E-state index contributed by atoms with van der Waals surface area (Å²) in [5.41, 5.74) is 2.06. The number of hydrogen-bond donors (Lipinski definition) is 1. The second kappa shape index (κ2) is 17.9. The molecule has 0 bridgehead atoms. The van der Waals surface area contributed by atoms with Crippen LogP contribution < -0.4 is 4.74 Å². The number of ether oxygens (including phenoxy) is 3. The predicted octanol–water partition coefficient (Wildman–Crippen LogP) is 5.15. The van der Waals surface area contributed by atoms with Crippen LogP contribution in [0.3, 0.4) is 0 Å². The van der Waals surface area contributed by atoms with Crippen molar-refractivity contribution >= 4 is 41.2 Å². The molecule has 0 aromatic heterocycles. The molecule has 5 rings (SSSR count). The van der Waals surface area contributed by atoms with Gasteiger partial charge in [0, 0.05) is 62.0 Å². The summed E-state index contributed by atoms with van der Waals surface area (Å²) in [5.74, 6) is 1.08. The molecule has 4 atom stereocenters. The number of aliphatic hydroxyl groups is 1. The van der Waals surface area contributed by atoms with Crippen molar-refractivity contribution < 1.29 is 43.5 Å². The lowest BCUT2D eigenvalue weighted by Gasteiger charge is -2.29. The molecule has 1 N–H and O–H groups in total. The number of aliphatic hydroxyl groups excluding tert-OH is 1. The van der Waals surface area contributed by atoms with E-state index in [4.69, 9.17) is 14.2 Å². The summed E-state index contributed by atoms with van der Waals surface area (Å²) in [6.45, 7) is 0.686. The van der Waals surface area contributed by atoms with Gasteiger partial charge in [-0.3, -0.25) is 25.0 Å². The fourth-order valence-corrected chi connectivity index (χ4v) is 7.46. The predicted molar refractivity (Wildman–Crippen MR) is 193 cm³/mol. The zero-order chi connectivity index (χ0) is 38.1. The number of benzene rings is 3. The first-order valence-corrected chi connectivity index (χ1v) is 18.0. The van der Waals surface area contributed by atoms with Crippen LogP contribution in [0.25, 0.3) is 0 Å². The molecule has 282 valence electrons. The Balaban J connectivity index is 1.16. The van der Waals surface area contributed by atoms with Crippen LogP contribution in [-0.4, -0.2) is 105 Å². The van der Waals surface area contributed by atoms with E-state index in [1.54, 1.807) is 30.8 Å². The number of methoxy groups -OCH3 is 1. The molecule has 3 amide bonds. The van der Waals surface area contributed by atoms with Crippen molar-refractivity contribution in [2.24, 2.45) is 0 Å². The van der Waals surface area contributed by atoms with Gasteiger partial charge in [0.05, 0.1) is 41.6 Å². The summed E-state index contributed by atoms with van der Waals surface area (Å²) in [5, 5.41) is 33.2. The number of nitro benzene ring substituents is 2. The third-order valence-electron chi connectivity index (χ3n) is 9.38. The topological polar surface area (TPSA) is 195 Å². The first-order chi connectivity index (χ1) is 25.4. The maximum atomic E-state index is 13.4. The third kappa shape index (κ3) is 10.3. The van der Waals surface area contributed by atoms with E-state index in [9.17, 15) is 39.7 Å². The van der Waals surface area contributed by atoms with E-state index < -0.39 is 34.2 Å². The minimum atomic E-state index is -1.19. The second-order valence-corrected chi connectivity index (χ2v) is 14.1. The highest BCUT2D eigenvalue weighted by atomic mass is 32.2. The number of thioether (sulfide) groups is 1. The van der Waals surface area contributed by atoms with Crippen LogP contribution in [0, 0.1) is 20.2 Å².